The molecule has 30 heavy (non-hydrogen) atoms. The molecule has 0 fully saturated rings. The molecule has 0 aliphatic heterocycles. The number of nitrogens with zero attached hydrogens (tertiary/aromatic N) is 2. The average molecular weight is 461 g/mol. The zero-order valence-corrected chi connectivity index (χ0v) is 18.3. The van der Waals surface area contributed by atoms with Gasteiger partial charge in [0.1, 0.15) is 0 Å². The Bertz CT molecular complexity index is 1280. The summed E-state index contributed by atoms with van der Waals surface area (Å²) in [6.07, 6.45) is 0. The molecule has 0 aliphatic rings. The van der Waals surface area contributed by atoms with Gasteiger partial charge in [0.2, 0.25) is 11.0 Å². The second kappa shape index (κ2) is 8.50. The van der Waals surface area contributed by atoms with Crippen molar-refractivity contribution in [3.8, 4) is 0 Å². The Labute approximate surface area is 184 Å². The van der Waals surface area contributed by atoms with E-state index in [0.29, 0.717) is 31.2 Å². The smallest absolute Gasteiger partial charge is 0.323 e. The zero-order valence-electron chi connectivity index (χ0n) is 15.9. The fourth-order valence-electron chi connectivity index (χ4n) is 2.72. The van der Waals surface area contributed by atoms with Gasteiger partial charge >= 0.3 is 5.69 Å². The van der Waals surface area contributed by atoms with Crippen molar-refractivity contribution in [1.82, 2.24) is 20.2 Å². The van der Waals surface area contributed by atoms with Gasteiger partial charge in [-0.2, -0.15) is 0 Å². The lowest BCUT2D eigenvalue weighted by Crippen LogP contribution is -2.22. The molecule has 4 rings (SSSR count). The molecule has 0 saturated carbocycles. The SMILES string of the molecule is Cc1c(Cl)cccc1Nc1nnc(SC(C)C(=O)Nc2ccc3[nH]c(=O)[nH]c3c2)s1. The lowest BCUT2D eigenvalue weighted by atomic mass is 10.2. The molecule has 8 nitrogen and oxygen atoms in total. The number of imidazole rings is 1. The van der Waals surface area contributed by atoms with Crippen molar-refractivity contribution in [2.75, 3.05) is 10.6 Å². The number of amides is 1. The number of carbonyl (C=O) groups excluding carboxylic acids is 1. The van der Waals surface area contributed by atoms with Crippen molar-refractivity contribution in [3.63, 3.8) is 0 Å². The molecule has 0 spiro atoms. The topological polar surface area (TPSA) is 116 Å². The van der Waals surface area contributed by atoms with Gasteiger partial charge in [0, 0.05) is 16.4 Å². The lowest BCUT2D eigenvalue weighted by Gasteiger charge is -2.10. The second-order valence-electron chi connectivity index (χ2n) is 6.50. The third-order valence-electron chi connectivity index (χ3n) is 4.35. The quantitative estimate of drug-likeness (QED) is 0.314. The minimum Gasteiger partial charge on any atom is -0.330 e. The number of carbonyl (C=O) groups is 1. The predicted molar refractivity (Wildman–Crippen MR) is 122 cm³/mol. The van der Waals surface area contributed by atoms with Gasteiger partial charge in [-0.1, -0.05) is 40.8 Å². The van der Waals surface area contributed by atoms with Crippen molar-refractivity contribution < 1.29 is 4.79 Å². The van der Waals surface area contributed by atoms with Gasteiger partial charge in [-0.25, -0.2) is 4.79 Å². The van der Waals surface area contributed by atoms with Crippen LogP contribution in [0.2, 0.25) is 5.02 Å². The number of H-pyrrole nitrogens is 2. The molecule has 0 bridgehead atoms. The van der Waals surface area contributed by atoms with Crippen LogP contribution in [0.3, 0.4) is 0 Å². The van der Waals surface area contributed by atoms with E-state index >= 15 is 0 Å². The number of aromatic amines is 2. The van der Waals surface area contributed by atoms with Crippen LogP contribution >= 0.6 is 34.7 Å². The fourth-order valence-corrected chi connectivity index (χ4v) is 4.81. The number of halogens is 1. The number of fused-ring (bicyclic) bond motifs is 1. The molecule has 1 atom stereocenters. The van der Waals surface area contributed by atoms with Gasteiger partial charge in [-0.15, -0.1) is 10.2 Å². The van der Waals surface area contributed by atoms with E-state index in [1.54, 1.807) is 25.1 Å². The highest BCUT2D eigenvalue weighted by Crippen LogP contribution is 2.32. The van der Waals surface area contributed by atoms with E-state index in [4.69, 9.17) is 11.6 Å². The number of anilines is 3. The van der Waals surface area contributed by atoms with Gasteiger partial charge in [-0.3, -0.25) is 4.79 Å². The van der Waals surface area contributed by atoms with E-state index < -0.39 is 0 Å². The molecule has 4 N–H and O–H groups in total. The van der Waals surface area contributed by atoms with E-state index in [-0.39, 0.29) is 16.8 Å². The zero-order chi connectivity index (χ0) is 21.3. The molecule has 154 valence electrons. The van der Waals surface area contributed by atoms with Crippen molar-refractivity contribution in [2.24, 2.45) is 0 Å². The van der Waals surface area contributed by atoms with Crippen molar-refractivity contribution in [2.45, 2.75) is 23.4 Å². The van der Waals surface area contributed by atoms with Crippen LogP contribution in [0.25, 0.3) is 11.0 Å². The molecular formula is C19H17ClN6O2S2. The van der Waals surface area contributed by atoms with Gasteiger partial charge in [0.05, 0.1) is 16.3 Å². The molecule has 1 unspecified atom stereocenters. The summed E-state index contributed by atoms with van der Waals surface area (Å²) in [6, 6.07) is 10.8. The monoisotopic (exact) mass is 460 g/mol. The van der Waals surface area contributed by atoms with Gasteiger partial charge in [0.15, 0.2) is 4.34 Å². The fraction of sp³-hybridized carbons (Fsp3) is 0.158. The largest absolute Gasteiger partial charge is 0.330 e. The Morgan fingerprint density at radius 2 is 2.00 bits per heavy atom. The minimum atomic E-state index is -0.389. The molecular weight excluding hydrogens is 444 g/mol. The normalized spacial score (nSPS) is 12.1. The van der Waals surface area contributed by atoms with Crippen LogP contribution in [0.4, 0.5) is 16.5 Å². The summed E-state index contributed by atoms with van der Waals surface area (Å²) in [5, 5.41) is 15.3. The molecule has 2 aromatic carbocycles. The minimum absolute atomic E-state index is 0.173. The van der Waals surface area contributed by atoms with Gasteiger partial charge < -0.3 is 20.6 Å². The summed E-state index contributed by atoms with van der Waals surface area (Å²) < 4.78 is 0.672. The number of hydrogen-bond acceptors (Lipinski definition) is 7. The van der Waals surface area contributed by atoms with Crippen molar-refractivity contribution >= 4 is 68.1 Å². The first kappa shape index (κ1) is 20.5. The summed E-state index contributed by atoms with van der Waals surface area (Å²) in [7, 11) is 0. The summed E-state index contributed by atoms with van der Waals surface area (Å²) in [5.41, 5.74) is 3.42. The molecule has 11 heteroatoms. The number of nitrogens with one attached hydrogen (secondary N) is 4. The third kappa shape index (κ3) is 4.50. The summed E-state index contributed by atoms with van der Waals surface area (Å²) in [4.78, 5) is 29.3. The number of rotatable bonds is 6. The van der Waals surface area contributed by atoms with E-state index in [0.717, 1.165) is 11.3 Å². The Morgan fingerprint density at radius 3 is 2.83 bits per heavy atom. The molecule has 0 radical (unpaired) electrons. The highest BCUT2D eigenvalue weighted by atomic mass is 35.5. The number of thioether (sulfide) groups is 1. The second-order valence-corrected chi connectivity index (χ2v) is 9.47. The van der Waals surface area contributed by atoms with Crippen LogP contribution < -0.4 is 16.3 Å². The number of hydrogen-bond donors (Lipinski definition) is 4. The first-order valence-electron chi connectivity index (χ1n) is 8.94. The molecule has 1 amide bonds. The van der Waals surface area contributed by atoms with E-state index in [2.05, 4.69) is 30.8 Å². The van der Waals surface area contributed by atoms with Crippen LogP contribution in [-0.2, 0) is 4.79 Å². The first-order chi connectivity index (χ1) is 14.4. The number of benzene rings is 2. The van der Waals surface area contributed by atoms with E-state index in [1.807, 2.05) is 25.1 Å². The first-order valence-corrected chi connectivity index (χ1v) is 11.0. The van der Waals surface area contributed by atoms with Crippen LogP contribution in [0, 0.1) is 6.92 Å². The van der Waals surface area contributed by atoms with Gasteiger partial charge in [0.25, 0.3) is 0 Å². The molecule has 0 aliphatic carbocycles. The maximum Gasteiger partial charge on any atom is 0.323 e. The Hall–Kier alpha value is -2.82. The van der Waals surface area contributed by atoms with Crippen LogP contribution in [0.1, 0.15) is 12.5 Å². The van der Waals surface area contributed by atoms with Crippen molar-refractivity contribution in [1.29, 1.82) is 0 Å². The van der Waals surface area contributed by atoms with Crippen LogP contribution in [0.5, 0.6) is 0 Å². The Balaban J connectivity index is 1.39. The number of aromatic nitrogens is 4. The van der Waals surface area contributed by atoms with Crippen LogP contribution in [0.15, 0.2) is 45.5 Å². The van der Waals surface area contributed by atoms with E-state index in [1.165, 1.54) is 23.1 Å². The maximum atomic E-state index is 12.6. The standard InChI is InChI=1S/C19H17ClN6O2S2/c1-9-12(20)4-3-5-13(9)24-18-25-26-19(30-18)29-10(2)16(27)21-11-6-7-14-15(8-11)23-17(28)22-14/h3-8,10H,1-2H3,(H,21,27)(H,24,25)(H2,22,23,28). The predicted octanol–water partition coefficient (Wildman–Crippen LogP) is 4.53. The van der Waals surface area contributed by atoms with E-state index in [9.17, 15) is 9.59 Å². The molecule has 0 saturated heterocycles. The van der Waals surface area contributed by atoms with Crippen molar-refractivity contribution in [3.05, 3.63) is 57.5 Å². The average Bonchev–Trinajstić information content (AvgIpc) is 3.30. The highest BCUT2D eigenvalue weighted by Gasteiger charge is 2.18. The highest BCUT2D eigenvalue weighted by molar-refractivity contribution is 8.02. The van der Waals surface area contributed by atoms with Crippen LogP contribution in [-0.4, -0.2) is 31.3 Å². The lowest BCUT2D eigenvalue weighted by molar-refractivity contribution is -0.115. The molecule has 4 aromatic rings. The summed E-state index contributed by atoms with van der Waals surface area (Å²) in [6.45, 7) is 3.72. The summed E-state index contributed by atoms with van der Waals surface area (Å²) >= 11 is 8.83. The Kier molecular flexibility index (Phi) is 5.80. The van der Waals surface area contributed by atoms with Gasteiger partial charge in [-0.05, 0) is 49.7 Å². The Morgan fingerprint density at radius 1 is 1.20 bits per heavy atom. The third-order valence-corrected chi connectivity index (χ3v) is 6.78. The maximum absolute atomic E-state index is 12.6. The summed E-state index contributed by atoms with van der Waals surface area (Å²) in [5.74, 6) is -0.173. The molecule has 2 heterocycles. The molecule has 2 aromatic heterocycles.